The molecule has 0 aromatic heterocycles. The Balaban J connectivity index is 1.45. The van der Waals surface area contributed by atoms with E-state index >= 15 is 0 Å². The molecule has 0 bridgehead atoms. The average molecular weight is 874 g/mol. The quantitative estimate of drug-likeness (QED) is 0.0268. The lowest BCUT2D eigenvalue weighted by Crippen LogP contribution is -2.50. The fourth-order valence-electron chi connectivity index (χ4n) is 6.05. The molecule has 23 nitrogen and oxygen atoms in total. The van der Waals surface area contributed by atoms with Crippen molar-refractivity contribution in [2.45, 2.75) is 87.5 Å². The number of hydrogen-bond acceptors (Lipinski definition) is 19. The van der Waals surface area contributed by atoms with Gasteiger partial charge in [-0.1, -0.05) is 0 Å². The van der Waals surface area contributed by atoms with E-state index < -0.39 is 79.7 Å². The van der Waals surface area contributed by atoms with Crippen molar-refractivity contribution in [2.75, 3.05) is 119 Å². The van der Waals surface area contributed by atoms with Crippen LogP contribution >= 0.6 is 0 Å². The molecular formula is C37H67N3O20. The summed E-state index contributed by atoms with van der Waals surface area (Å²) < 4.78 is 48.8. The summed E-state index contributed by atoms with van der Waals surface area (Å²) in [4.78, 5) is 48.0. The predicted molar refractivity (Wildman–Crippen MR) is 204 cm³/mol. The van der Waals surface area contributed by atoms with Gasteiger partial charge in [0.25, 0.3) is 0 Å². The Labute approximate surface area is 349 Å². The molecule has 0 unspecified atom stereocenters. The molecule has 1 heterocycles. The molecule has 3 amide bonds. The second-order valence-electron chi connectivity index (χ2n) is 14.0. The largest absolute Gasteiger partial charge is 0.480 e. The number of aliphatic hydroxyl groups excluding tert-OH is 6. The Morgan fingerprint density at radius 1 is 0.617 bits per heavy atom. The molecule has 60 heavy (non-hydrogen) atoms. The molecule has 0 spiro atoms. The average Bonchev–Trinajstić information content (AvgIpc) is 3.22. The van der Waals surface area contributed by atoms with Gasteiger partial charge in [0, 0.05) is 31.9 Å². The zero-order chi connectivity index (χ0) is 44.0. The molecule has 2 fully saturated rings. The first-order valence-electron chi connectivity index (χ1n) is 20.3. The highest BCUT2D eigenvalue weighted by Crippen LogP contribution is 2.27. The van der Waals surface area contributed by atoms with Gasteiger partial charge in [-0.2, -0.15) is 0 Å². The summed E-state index contributed by atoms with van der Waals surface area (Å²) >= 11 is 0. The lowest BCUT2D eigenvalue weighted by molar-refractivity contribution is -0.259. The maximum atomic E-state index is 12.6. The van der Waals surface area contributed by atoms with E-state index in [1.165, 1.54) is 0 Å². The summed E-state index contributed by atoms with van der Waals surface area (Å²) in [5.74, 6) is -3.27. The summed E-state index contributed by atoms with van der Waals surface area (Å²) in [6.07, 6.45) is -4.22. The number of hydrogen-bond donors (Lipinski definition) is 10. The first-order valence-corrected chi connectivity index (χ1v) is 20.3. The van der Waals surface area contributed by atoms with E-state index in [4.69, 9.17) is 47.7 Å². The van der Waals surface area contributed by atoms with Crippen LogP contribution in [0.1, 0.15) is 38.5 Å². The summed E-state index contributed by atoms with van der Waals surface area (Å²) in [6, 6.07) is -1.03. The van der Waals surface area contributed by atoms with Gasteiger partial charge in [-0.25, -0.2) is 0 Å². The first kappa shape index (κ1) is 53.4. The summed E-state index contributed by atoms with van der Waals surface area (Å²) in [5.41, 5.74) is 0. The normalized spacial score (nSPS) is 24.8. The van der Waals surface area contributed by atoms with Crippen molar-refractivity contribution in [1.82, 2.24) is 16.0 Å². The van der Waals surface area contributed by atoms with Gasteiger partial charge in [0.15, 0.2) is 6.29 Å². The molecule has 2 aliphatic rings. The van der Waals surface area contributed by atoms with Crippen LogP contribution in [0.5, 0.6) is 0 Å². The van der Waals surface area contributed by atoms with E-state index in [0.717, 1.165) is 0 Å². The van der Waals surface area contributed by atoms with Crippen molar-refractivity contribution < 1.29 is 97.6 Å². The minimum atomic E-state index is -1.24. The molecule has 0 aromatic carbocycles. The summed E-state index contributed by atoms with van der Waals surface area (Å²) in [6.45, 7) is 1.15. The number of aliphatic hydroxyl groups is 6. The number of amides is 3. The van der Waals surface area contributed by atoms with Gasteiger partial charge in [0.1, 0.15) is 38.0 Å². The van der Waals surface area contributed by atoms with Crippen molar-refractivity contribution in [2.24, 2.45) is 5.92 Å². The molecule has 1 aliphatic carbocycles. The number of carboxylic acid groups (broad SMARTS) is 1. The molecule has 0 radical (unpaired) electrons. The van der Waals surface area contributed by atoms with E-state index in [0.29, 0.717) is 52.1 Å². The van der Waals surface area contributed by atoms with E-state index in [9.17, 15) is 49.8 Å². The number of rotatable bonds is 35. The number of carboxylic acids is 1. The van der Waals surface area contributed by atoms with Crippen LogP contribution in [0, 0.1) is 5.92 Å². The van der Waals surface area contributed by atoms with Crippen LogP contribution in [0.4, 0.5) is 0 Å². The van der Waals surface area contributed by atoms with E-state index in [2.05, 4.69) is 16.0 Å². The SMILES string of the molecule is O=C(O)CNC(=O)[C@H](CCCCNC(=O)COCCOCCOCCO[C@@H]1C[C@H](CO)[C@H](O)[C@H](O)C1)NC(=O)COCCOCCOCCO[C@H]1C[C@@H](O)[C@@H](O)[C@@H](CO)O1. The molecule has 1 saturated carbocycles. The molecule has 23 heteroatoms. The van der Waals surface area contributed by atoms with Crippen LogP contribution in [0.2, 0.25) is 0 Å². The fraction of sp³-hybridized carbons (Fsp3) is 0.892. The minimum Gasteiger partial charge on any atom is -0.480 e. The van der Waals surface area contributed by atoms with Crippen molar-refractivity contribution in [1.29, 1.82) is 0 Å². The highest BCUT2D eigenvalue weighted by atomic mass is 16.7. The lowest BCUT2D eigenvalue weighted by atomic mass is 9.83. The van der Waals surface area contributed by atoms with Crippen molar-refractivity contribution in [3.05, 3.63) is 0 Å². The second kappa shape index (κ2) is 32.9. The Hall–Kier alpha value is -2.72. The number of unbranched alkanes of at least 4 members (excludes halogenated alkanes) is 1. The maximum Gasteiger partial charge on any atom is 0.322 e. The molecule has 350 valence electrons. The Kier molecular flexibility index (Phi) is 29.3. The molecule has 1 saturated heterocycles. The fourth-order valence-corrected chi connectivity index (χ4v) is 6.05. The monoisotopic (exact) mass is 873 g/mol. The number of carbonyl (C=O) groups excluding carboxylic acids is 3. The van der Waals surface area contributed by atoms with Gasteiger partial charge in [0.2, 0.25) is 17.7 Å². The zero-order valence-electron chi connectivity index (χ0n) is 34.1. The van der Waals surface area contributed by atoms with Crippen LogP contribution in [-0.2, 0) is 61.8 Å². The third-order valence-electron chi connectivity index (χ3n) is 9.27. The van der Waals surface area contributed by atoms with Crippen LogP contribution in [0.3, 0.4) is 0 Å². The predicted octanol–water partition coefficient (Wildman–Crippen LogP) is -4.59. The van der Waals surface area contributed by atoms with Crippen molar-refractivity contribution >= 4 is 23.7 Å². The molecule has 2 rings (SSSR count). The maximum absolute atomic E-state index is 12.6. The van der Waals surface area contributed by atoms with Gasteiger partial charge in [0.05, 0.1) is 110 Å². The number of carbonyl (C=O) groups is 4. The smallest absolute Gasteiger partial charge is 0.322 e. The van der Waals surface area contributed by atoms with E-state index in [1.54, 1.807) is 0 Å². The van der Waals surface area contributed by atoms with Gasteiger partial charge in [-0.3, -0.25) is 19.2 Å². The van der Waals surface area contributed by atoms with Crippen LogP contribution in [0.25, 0.3) is 0 Å². The number of nitrogens with one attached hydrogen (secondary N) is 3. The third-order valence-corrected chi connectivity index (χ3v) is 9.27. The Bertz CT molecular complexity index is 1180. The van der Waals surface area contributed by atoms with Gasteiger partial charge in [-0.05, 0) is 25.7 Å². The zero-order valence-corrected chi connectivity index (χ0v) is 34.1. The van der Waals surface area contributed by atoms with Gasteiger partial charge in [-0.15, -0.1) is 0 Å². The third kappa shape index (κ3) is 24.1. The van der Waals surface area contributed by atoms with E-state index in [1.807, 2.05) is 0 Å². The lowest BCUT2D eigenvalue weighted by Gasteiger charge is -2.35. The van der Waals surface area contributed by atoms with Crippen molar-refractivity contribution in [3.8, 4) is 0 Å². The number of ether oxygens (including phenoxy) is 9. The summed E-state index contributed by atoms with van der Waals surface area (Å²) in [5, 5.41) is 74.2. The highest BCUT2D eigenvalue weighted by molar-refractivity contribution is 5.89. The molecule has 9 atom stereocenters. The Morgan fingerprint density at radius 3 is 1.75 bits per heavy atom. The number of aliphatic carboxylic acids is 1. The van der Waals surface area contributed by atoms with Crippen LogP contribution in [0.15, 0.2) is 0 Å². The Morgan fingerprint density at radius 2 is 1.17 bits per heavy atom. The first-order chi connectivity index (χ1) is 28.9. The summed E-state index contributed by atoms with van der Waals surface area (Å²) in [7, 11) is 0. The van der Waals surface area contributed by atoms with Crippen LogP contribution in [-0.4, -0.2) is 227 Å². The van der Waals surface area contributed by atoms with Gasteiger partial charge < -0.3 is 94.3 Å². The molecular weight excluding hydrogens is 806 g/mol. The molecule has 1 aliphatic heterocycles. The highest BCUT2D eigenvalue weighted by Gasteiger charge is 2.37. The van der Waals surface area contributed by atoms with E-state index in [-0.39, 0.29) is 104 Å². The minimum absolute atomic E-state index is 0.0623. The standard InChI is InChI=1S/C37H67N3O20/c41-21-25-17-26(18-28(43)35(25)49)58-15-13-54-7-5-52-9-11-56-23-31(45)38-4-2-1-3-27(37(51)39-20-33(47)48)40-32(46)24-57-12-10-53-6-8-55-14-16-59-34-19-29(44)36(50)30(22-42)60-34/h25-30,34-36,41-44,49-50H,1-24H2,(H,38,45)(H,39,51)(H,40,46)(H,47,48)/t25-,26-,27+,28-,29-,30-,34-,35+,36-/m1/s1. The molecule has 10 N–H and O–H groups in total. The molecule has 0 aromatic rings. The topological polar surface area (TPSA) is 329 Å². The van der Waals surface area contributed by atoms with Crippen LogP contribution < -0.4 is 16.0 Å². The van der Waals surface area contributed by atoms with Crippen molar-refractivity contribution in [3.63, 3.8) is 0 Å². The second-order valence-corrected chi connectivity index (χ2v) is 14.0. The van der Waals surface area contributed by atoms with Gasteiger partial charge >= 0.3 is 5.97 Å².